The number of nitrogens with one attached hydrogen (secondary N) is 2. The number of carboxylic acids is 1. The molecule has 2 aromatic carbocycles. The van der Waals surface area contributed by atoms with Crippen LogP contribution in [0, 0.1) is 5.82 Å². The van der Waals surface area contributed by atoms with Gasteiger partial charge in [-0.2, -0.15) is 0 Å². The first kappa shape index (κ1) is 26.7. The van der Waals surface area contributed by atoms with Crippen molar-refractivity contribution in [2.75, 3.05) is 29.9 Å². The van der Waals surface area contributed by atoms with Gasteiger partial charge in [0.15, 0.2) is 5.11 Å². The molecule has 0 radical (unpaired) electrons. The molecule has 11 heteroatoms. The number of benzene rings is 2. The first-order chi connectivity index (χ1) is 16.6. The van der Waals surface area contributed by atoms with Crippen LogP contribution in [0.3, 0.4) is 0 Å². The molecule has 0 aliphatic carbocycles. The Morgan fingerprint density at radius 3 is 2.43 bits per heavy atom. The minimum absolute atomic E-state index is 0.0353. The highest BCUT2D eigenvalue weighted by Crippen LogP contribution is 2.26. The molecule has 0 aliphatic rings. The van der Waals surface area contributed by atoms with Gasteiger partial charge in [0.25, 0.3) is 0 Å². The molecule has 0 spiro atoms. The molecule has 3 N–H and O–H groups in total. The van der Waals surface area contributed by atoms with Gasteiger partial charge in [-0.1, -0.05) is 30.1 Å². The average molecular weight is 539 g/mol. The molecule has 0 amide bonds. The van der Waals surface area contributed by atoms with Gasteiger partial charge < -0.3 is 25.2 Å². The average Bonchev–Trinajstić information content (AvgIpc) is 2.78. The van der Waals surface area contributed by atoms with Crippen LogP contribution in [-0.2, 0) is 6.54 Å². The van der Waals surface area contributed by atoms with Crippen LogP contribution in [0.2, 0.25) is 10.0 Å². The first-order valence-electron chi connectivity index (χ1n) is 11.0. The lowest BCUT2D eigenvalue weighted by atomic mass is 10.1. The second-order valence-electron chi connectivity index (χ2n) is 7.81. The highest BCUT2D eigenvalue weighted by atomic mass is 35.5. The van der Waals surface area contributed by atoms with Crippen molar-refractivity contribution >= 4 is 68.8 Å². The van der Waals surface area contributed by atoms with Gasteiger partial charge >= 0.3 is 5.97 Å². The minimum atomic E-state index is -1.34. The van der Waals surface area contributed by atoms with Gasteiger partial charge in [0.1, 0.15) is 11.4 Å². The number of pyridine rings is 1. The van der Waals surface area contributed by atoms with E-state index in [1.54, 1.807) is 28.8 Å². The van der Waals surface area contributed by atoms with Gasteiger partial charge in [-0.3, -0.25) is 4.79 Å². The Morgan fingerprint density at radius 2 is 1.83 bits per heavy atom. The van der Waals surface area contributed by atoms with E-state index in [0.717, 1.165) is 12.5 Å². The lowest BCUT2D eigenvalue weighted by molar-refractivity contribution is 0.0695. The largest absolute Gasteiger partial charge is 0.477 e. The first-order valence-corrected chi connectivity index (χ1v) is 12.2. The summed E-state index contributed by atoms with van der Waals surface area (Å²) in [7, 11) is 0. The lowest BCUT2D eigenvalue weighted by Gasteiger charge is -2.26. The Hall–Kier alpha value is -2.88. The molecule has 0 atom stereocenters. The number of aryl methyl sites for hydroxylation is 1. The number of fused-ring (bicyclic) bond motifs is 1. The number of aromatic nitrogens is 1. The van der Waals surface area contributed by atoms with Crippen molar-refractivity contribution < 1.29 is 14.3 Å². The van der Waals surface area contributed by atoms with Crippen molar-refractivity contribution in [1.29, 1.82) is 0 Å². The van der Waals surface area contributed by atoms with E-state index in [4.69, 9.17) is 35.4 Å². The van der Waals surface area contributed by atoms with Gasteiger partial charge in [-0.15, -0.1) is 0 Å². The maximum absolute atomic E-state index is 15.2. The Labute approximate surface area is 217 Å². The summed E-state index contributed by atoms with van der Waals surface area (Å²) in [5.41, 5.74) is 0.352. The Morgan fingerprint density at radius 1 is 1.14 bits per heavy atom. The van der Waals surface area contributed by atoms with Crippen LogP contribution >= 0.6 is 35.4 Å². The molecule has 0 saturated heterocycles. The lowest BCUT2D eigenvalue weighted by Crippen LogP contribution is -2.37. The smallest absolute Gasteiger partial charge is 0.341 e. The van der Waals surface area contributed by atoms with Crippen LogP contribution in [0.15, 0.2) is 41.3 Å². The highest BCUT2D eigenvalue weighted by molar-refractivity contribution is 7.80. The summed E-state index contributed by atoms with van der Waals surface area (Å²) in [4.78, 5) is 25.9. The Kier molecular flexibility index (Phi) is 8.93. The van der Waals surface area contributed by atoms with Crippen LogP contribution in [0.25, 0.3) is 10.9 Å². The predicted octanol–water partition coefficient (Wildman–Crippen LogP) is 5.37. The van der Waals surface area contributed by atoms with Gasteiger partial charge in [-0.25, -0.2) is 9.18 Å². The van der Waals surface area contributed by atoms with E-state index in [0.29, 0.717) is 58.2 Å². The summed E-state index contributed by atoms with van der Waals surface area (Å²) in [5, 5.41) is 16.8. The highest BCUT2D eigenvalue weighted by Gasteiger charge is 2.19. The zero-order valence-electron chi connectivity index (χ0n) is 19.2. The molecule has 186 valence electrons. The summed E-state index contributed by atoms with van der Waals surface area (Å²) in [6.07, 6.45) is 2.06. The standard InChI is InChI=1S/C24H25Cl2FN4O3S/c1-3-6-31(7-5-28-24(35)29-16-9-14(25)8-15(26)10-16)21-12-20-17(11-19(21)27)22(32)18(23(33)34)13-30(20)4-2/h8-13H,3-7H2,1-2H3,(H,33,34)(H2,28,29,35). The monoisotopic (exact) mass is 538 g/mol. The summed E-state index contributed by atoms with van der Waals surface area (Å²) < 4.78 is 16.8. The van der Waals surface area contributed by atoms with Crippen LogP contribution in [0.4, 0.5) is 15.8 Å². The predicted molar refractivity (Wildman–Crippen MR) is 144 cm³/mol. The number of hydrogen-bond donors (Lipinski definition) is 3. The molecule has 3 aromatic rings. The van der Waals surface area contributed by atoms with E-state index in [-0.39, 0.29) is 10.9 Å². The number of carboxylic acid groups (broad SMARTS) is 1. The molecule has 1 aromatic heterocycles. The number of carbonyl (C=O) groups is 1. The molecule has 0 aliphatic heterocycles. The molecule has 0 unspecified atom stereocenters. The zero-order chi connectivity index (χ0) is 25.7. The van der Waals surface area contributed by atoms with Crippen molar-refractivity contribution in [1.82, 2.24) is 9.88 Å². The normalized spacial score (nSPS) is 10.9. The number of hydrogen-bond acceptors (Lipinski definition) is 4. The quantitative estimate of drug-likeness (QED) is 0.316. The summed E-state index contributed by atoms with van der Waals surface area (Å²) in [5.74, 6) is -1.94. The fraction of sp³-hybridized carbons (Fsp3) is 0.292. The maximum Gasteiger partial charge on any atom is 0.341 e. The van der Waals surface area contributed by atoms with E-state index >= 15 is 4.39 Å². The SMILES string of the molecule is CCCN(CCNC(=S)Nc1cc(Cl)cc(Cl)c1)c1cc2c(cc1F)c(=O)c(C(=O)O)cn2CC. The number of anilines is 2. The Bertz CT molecular complexity index is 1310. The van der Waals surface area contributed by atoms with Crippen molar-refractivity contribution in [2.45, 2.75) is 26.8 Å². The van der Waals surface area contributed by atoms with Gasteiger partial charge in [0, 0.05) is 53.5 Å². The van der Waals surface area contributed by atoms with Crippen LogP contribution < -0.4 is 21.0 Å². The van der Waals surface area contributed by atoms with Gasteiger partial charge in [-0.05, 0) is 55.9 Å². The third kappa shape index (κ3) is 6.42. The second-order valence-corrected chi connectivity index (χ2v) is 9.09. The number of aromatic carboxylic acids is 1. The van der Waals surface area contributed by atoms with Crippen molar-refractivity contribution in [3.05, 3.63) is 68.2 Å². The molecule has 1 heterocycles. The minimum Gasteiger partial charge on any atom is -0.477 e. The van der Waals surface area contributed by atoms with Gasteiger partial charge in [0.2, 0.25) is 5.43 Å². The molecular weight excluding hydrogens is 514 g/mol. The molecule has 7 nitrogen and oxygen atoms in total. The van der Waals surface area contributed by atoms with Gasteiger partial charge in [0.05, 0.1) is 11.2 Å². The van der Waals surface area contributed by atoms with E-state index < -0.39 is 17.2 Å². The molecule has 0 fully saturated rings. The zero-order valence-corrected chi connectivity index (χ0v) is 21.5. The van der Waals surface area contributed by atoms with E-state index in [9.17, 15) is 14.7 Å². The second kappa shape index (κ2) is 11.7. The summed E-state index contributed by atoms with van der Waals surface area (Å²) in [6.45, 7) is 5.64. The van der Waals surface area contributed by atoms with E-state index in [2.05, 4.69) is 10.6 Å². The molecular formula is C24H25Cl2FN4O3S. The van der Waals surface area contributed by atoms with Crippen LogP contribution in [-0.4, -0.2) is 40.4 Å². The van der Waals surface area contributed by atoms with Crippen molar-refractivity contribution in [3.8, 4) is 0 Å². The van der Waals surface area contributed by atoms with E-state index in [1.165, 1.54) is 6.20 Å². The topological polar surface area (TPSA) is 86.6 Å². The number of thiocarbonyl (C=S) groups is 1. The molecule has 3 rings (SSSR count). The third-order valence-corrected chi connectivity index (χ3v) is 6.02. The van der Waals surface area contributed by atoms with Crippen molar-refractivity contribution in [3.63, 3.8) is 0 Å². The summed E-state index contributed by atoms with van der Waals surface area (Å²) >= 11 is 17.4. The fourth-order valence-corrected chi connectivity index (χ4v) is 4.53. The third-order valence-electron chi connectivity index (χ3n) is 5.34. The molecule has 35 heavy (non-hydrogen) atoms. The molecule has 0 saturated carbocycles. The van der Waals surface area contributed by atoms with Crippen LogP contribution in [0.5, 0.6) is 0 Å². The molecule has 0 bridgehead atoms. The Balaban J connectivity index is 1.81. The van der Waals surface area contributed by atoms with Crippen molar-refractivity contribution in [2.24, 2.45) is 0 Å². The number of rotatable bonds is 9. The summed E-state index contributed by atoms with van der Waals surface area (Å²) in [6, 6.07) is 7.72. The van der Waals surface area contributed by atoms with Crippen LogP contribution in [0.1, 0.15) is 30.6 Å². The fourth-order valence-electron chi connectivity index (χ4n) is 3.78. The number of halogens is 3. The maximum atomic E-state index is 15.2. The van der Waals surface area contributed by atoms with E-state index in [1.807, 2.05) is 18.7 Å². The number of nitrogens with zero attached hydrogens (tertiary/aromatic N) is 2.